The Balaban J connectivity index is 2.01. The number of ether oxygens (including phenoxy) is 1. The summed E-state index contributed by atoms with van der Waals surface area (Å²) in [5.74, 6) is 2.78. The van der Waals surface area contributed by atoms with Gasteiger partial charge >= 0.3 is 0 Å². The molecule has 1 unspecified atom stereocenters. The molecule has 1 aromatic heterocycles. The normalized spacial score (nSPS) is 18.2. The Morgan fingerprint density at radius 3 is 2.68 bits per heavy atom. The van der Waals surface area contributed by atoms with Crippen molar-refractivity contribution in [2.75, 3.05) is 46.4 Å². The summed E-state index contributed by atoms with van der Waals surface area (Å²) in [5, 5.41) is 6.70. The highest BCUT2D eigenvalue weighted by Gasteiger charge is 2.25. The van der Waals surface area contributed by atoms with E-state index in [0.717, 1.165) is 63.3 Å². The summed E-state index contributed by atoms with van der Waals surface area (Å²) in [6, 6.07) is 4.28. The second-order valence-electron chi connectivity index (χ2n) is 5.49. The van der Waals surface area contributed by atoms with Gasteiger partial charge in [-0.3, -0.25) is 9.89 Å². The Labute approximate surface area is 132 Å². The molecule has 1 atom stereocenters. The van der Waals surface area contributed by atoms with E-state index in [4.69, 9.17) is 9.15 Å². The molecule has 6 nitrogen and oxygen atoms in total. The third-order valence-corrected chi connectivity index (χ3v) is 3.80. The topological polar surface area (TPSA) is 62.0 Å². The quantitative estimate of drug-likeness (QED) is 0.616. The first-order valence-electron chi connectivity index (χ1n) is 8.07. The van der Waals surface area contributed by atoms with Crippen molar-refractivity contribution in [3.63, 3.8) is 0 Å². The monoisotopic (exact) mass is 308 g/mol. The molecule has 0 amide bonds. The molecule has 22 heavy (non-hydrogen) atoms. The number of morpholine rings is 1. The molecule has 2 heterocycles. The van der Waals surface area contributed by atoms with Crippen LogP contribution in [0.3, 0.4) is 0 Å². The maximum absolute atomic E-state index is 5.86. The number of hydrogen-bond donors (Lipinski definition) is 2. The fourth-order valence-electron chi connectivity index (χ4n) is 2.59. The van der Waals surface area contributed by atoms with Gasteiger partial charge < -0.3 is 19.8 Å². The molecule has 1 aliphatic rings. The van der Waals surface area contributed by atoms with Gasteiger partial charge in [0.15, 0.2) is 5.96 Å². The molecule has 0 saturated carbocycles. The molecule has 2 N–H and O–H groups in total. The maximum Gasteiger partial charge on any atom is 0.191 e. The van der Waals surface area contributed by atoms with E-state index in [9.17, 15) is 0 Å². The Morgan fingerprint density at radius 1 is 1.32 bits per heavy atom. The zero-order chi connectivity index (χ0) is 15.8. The molecule has 0 radical (unpaired) electrons. The van der Waals surface area contributed by atoms with E-state index in [1.807, 2.05) is 13.0 Å². The second kappa shape index (κ2) is 8.80. The summed E-state index contributed by atoms with van der Waals surface area (Å²) in [4.78, 5) is 6.67. The predicted octanol–water partition coefficient (Wildman–Crippen LogP) is 1.54. The van der Waals surface area contributed by atoms with Crippen LogP contribution in [0.25, 0.3) is 0 Å². The molecule has 1 aromatic rings. The third kappa shape index (κ3) is 4.74. The highest BCUT2D eigenvalue weighted by Crippen LogP contribution is 2.23. The summed E-state index contributed by atoms with van der Waals surface area (Å²) < 4.78 is 11.3. The summed E-state index contributed by atoms with van der Waals surface area (Å²) >= 11 is 0. The number of aliphatic imine (C=N–C) groups is 1. The lowest BCUT2D eigenvalue weighted by Gasteiger charge is -2.33. The number of hydrogen-bond acceptors (Lipinski definition) is 4. The lowest BCUT2D eigenvalue weighted by Crippen LogP contribution is -2.46. The number of nitrogens with one attached hydrogen (secondary N) is 2. The van der Waals surface area contributed by atoms with Gasteiger partial charge in [0.1, 0.15) is 11.5 Å². The van der Waals surface area contributed by atoms with Crippen LogP contribution in [-0.4, -0.2) is 57.3 Å². The molecular weight excluding hydrogens is 280 g/mol. The first-order chi connectivity index (χ1) is 10.7. The zero-order valence-electron chi connectivity index (χ0n) is 13.9. The van der Waals surface area contributed by atoms with E-state index in [1.165, 1.54) is 0 Å². The summed E-state index contributed by atoms with van der Waals surface area (Å²) in [6.45, 7) is 9.20. The van der Waals surface area contributed by atoms with Gasteiger partial charge in [-0.15, -0.1) is 0 Å². The summed E-state index contributed by atoms with van der Waals surface area (Å²) in [5.41, 5.74) is 0. The molecule has 6 heteroatoms. The van der Waals surface area contributed by atoms with E-state index in [-0.39, 0.29) is 6.04 Å². The zero-order valence-corrected chi connectivity index (χ0v) is 13.9. The SMILES string of the molecule is CCCNC(=NC)NCC(c1ccc(C)o1)N1CCOCC1. The Bertz CT molecular complexity index is 466. The lowest BCUT2D eigenvalue weighted by molar-refractivity contribution is 0.0124. The van der Waals surface area contributed by atoms with Gasteiger partial charge in [-0.25, -0.2) is 0 Å². The fourth-order valence-corrected chi connectivity index (χ4v) is 2.59. The van der Waals surface area contributed by atoms with Crippen LogP contribution in [-0.2, 0) is 4.74 Å². The molecule has 0 spiro atoms. The summed E-state index contributed by atoms with van der Waals surface area (Å²) in [6.07, 6.45) is 1.07. The average molecular weight is 308 g/mol. The van der Waals surface area contributed by atoms with Crippen LogP contribution < -0.4 is 10.6 Å². The number of guanidine groups is 1. The van der Waals surface area contributed by atoms with Crippen LogP contribution in [0.15, 0.2) is 21.5 Å². The molecule has 2 rings (SSSR count). The molecular formula is C16H28N4O2. The van der Waals surface area contributed by atoms with Gasteiger partial charge in [0.25, 0.3) is 0 Å². The molecule has 1 saturated heterocycles. The number of rotatable bonds is 6. The highest BCUT2D eigenvalue weighted by molar-refractivity contribution is 5.79. The number of furan rings is 1. The summed E-state index contributed by atoms with van der Waals surface area (Å²) in [7, 11) is 1.80. The van der Waals surface area contributed by atoms with Gasteiger partial charge in [-0.1, -0.05) is 6.92 Å². The Hall–Kier alpha value is -1.53. The first-order valence-corrected chi connectivity index (χ1v) is 8.07. The van der Waals surface area contributed by atoms with E-state index in [0.29, 0.717) is 0 Å². The molecule has 1 fully saturated rings. The predicted molar refractivity (Wildman–Crippen MR) is 88.2 cm³/mol. The minimum absolute atomic E-state index is 0.192. The van der Waals surface area contributed by atoms with Crippen molar-refractivity contribution >= 4 is 5.96 Å². The second-order valence-corrected chi connectivity index (χ2v) is 5.49. The van der Waals surface area contributed by atoms with Gasteiger partial charge in [-0.05, 0) is 25.5 Å². The maximum atomic E-state index is 5.86. The number of aryl methyl sites for hydroxylation is 1. The van der Waals surface area contributed by atoms with Crippen LogP contribution in [0, 0.1) is 6.92 Å². The van der Waals surface area contributed by atoms with Gasteiger partial charge in [0.2, 0.25) is 0 Å². The van der Waals surface area contributed by atoms with Crippen molar-refractivity contribution in [3.8, 4) is 0 Å². The molecule has 0 aromatic carbocycles. The van der Waals surface area contributed by atoms with Crippen molar-refractivity contribution in [1.29, 1.82) is 0 Å². The lowest BCUT2D eigenvalue weighted by atomic mass is 10.1. The van der Waals surface area contributed by atoms with Crippen molar-refractivity contribution in [2.45, 2.75) is 26.3 Å². The molecule has 124 valence electrons. The van der Waals surface area contributed by atoms with Crippen molar-refractivity contribution in [2.24, 2.45) is 4.99 Å². The van der Waals surface area contributed by atoms with Crippen LogP contribution in [0.4, 0.5) is 0 Å². The van der Waals surface area contributed by atoms with Crippen LogP contribution in [0.2, 0.25) is 0 Å². The first kappa shape index (κ1) is 16.8. The Kier molecular flexibility index (Phi) is 6.74. The average Bonchev–Trinajstić information content (AvgIpc) is 2.98. The minimum atomic E-state index is 0.192. The van der Waals surface area contributed by atoms with E-state index >= 15 is 0 Å². The van der Waals surface area contributed by atoms with Crippen LogP contribution in [0.5, 0.6) is 0 Å². The standard InChI is InChI=1S/C16H28N4O2/c1-4-7-18-16(17-3)19-12-14(15-6-5-13(2)22-15)20-8-10-21-11-9-20/h5-6,14H,4,7-12H2,1-3H3,(H2,17,18,19). The van der Waals surface area contributed by atoms with Gasteiger partial charge in [0.05, 0.1) is 19.3 Å². The van der Waals surface area contributed by atoms with Gasteiger partial charge in [-0.2, -0.15) is 0 Å². The van der Waals surface area contributed by atoms with Gasteiger partial charge in [0, 0.05) is 33.2 Å². The van der Waals surface area contributed by atoms with Crippen molar-refractivity contribution in [1.82, 2.24) is 15.5 Å². The van der Waals surface area contributed by atoms with Crippen molar-refractivity contribution < 1.29 is 9.15 Å². The van der Waals surface area contributed by atoms with Crippen LogP contribution >= 0.6 is 0 Å². The third-order valence-electron chi connectivity index (χ3n) is 3.80. The minimum Gasteiger partial charge on any atom is -0.465 e. The van der Waals surface area contributed by atoms with E-state index < -0.39 is 0 Å². The largest absolute Gasteiger partial charge is 0.465 e. The highest BCUT2D eigenvalue weighted by atomic mass is 16.5. The van der Waals surface area contributed by atoms with Crippen molar-refractivity contribution in [3.05, 3.63) is 23.7 Å². The molecule has 1 aliphatic heterocycles. The van der Waals surface area contributed by atoms with E-state index in [1.54, 1.807) is 7.05 Å². The molecule has 0 aliphatic carbocycles. The fraction of sp³-hybridized carbons (Fsp3) is 0.688. The molecule has 0 bridgehead atoms. The Morgan fingerprint density at radius 2 is 2.09 bits per heavy atom. The smallest absolute Gasteiger partial charge is 0.191 e. The van der Waals surface area contributed by atoms with E-state index in [2.05, 4.69) is 33.5 Å². The van der Waals surface area contributed by atoms with Crippen LogP contribution in [0.1, 0.15) is 30.9 Å². The number of nitrogens with zero attached hydrogens (tertiary/aromatic N) is 2.